The first-order valence-corrected chi connectivity index (χ1v) is 8.89. The summed E-state index contributed by atoms with van der Waals surface area (Å²) in [5, 5.41) is 13.9. The minimum Gasteiger partial charge on any atom is -0.324 e. The number of non-ortho nitro benzene ring substituents is 1. The number of aryl methyl sites for hydroxylation is 1. The highest BCUT2D eigenvalue weighted by atomic mass is 16.6. The molecular formula is C20H21N5O2. The van der Waals surface area contributed by atoms with E-state index in [0.717, 1.165) is 16.8 Å². The Morgan fingerprint density at radius 3 is 2.48 bits per heavy atom. The zero-order chi connectivity index (χ0) is 19.1. The van der Waals surface area contributed by atoms with Gasteiger partial charge in [0.25, 0.3) is 5.69 Å². The molecule has 1 N–H and O–H groups in total. The van der Waals surface area contributed by atoms with Gasteiger partial charge in [0.15, 0.2) is 0 Å². The van der Waals surface area contributed by atoms with Crippen molar-refractivity contribution in [1.29, 1.82) is 0 Å². The average molecular weight is 363 g/mol. The van der Waals surface area contributed by atoms with Crippen LogP contribution in [-0.4, -0.2) is 19.9 Å². The van der Waals surface area contributed by atoms with E-state index < -0.39 is 4.92 Å². The van der Waals surface area contributed by atoms with Crippen molar-refractivity contribution in [3.63, 3.8) is 0 Å². The largest absolute Gasteiger partial charge is 0.324 e. The Morgan fingerprint density at radius 1 is 1.07 bits per heavy atom. The molecular weight excluding hydrogens is 342 g/mol. The second-order valence-electron chi connectivity index (χ2n) is 6.30. The molecule has 0 amide bonds. The van der Waals surface area contributed by atoms with Gasteiger partial charge >= 0.3 is 0 Å². The molecule has 0 atom stereocenters. The summed E-state index contributed by atoms with van der Waals surface area (Å²) >= 11 is 0. The predicted octanol–water partition coefficient (Wildman–Crippen LogP) is 5.06. The SMILES string of the molecule is C1CCC1.Cc1ccc([N+](=O)[O-])cc1Nc1nccc(-c2cccnc2)n1. The van der Waals surface area contributed by atoms with E-state index in [9.17, 15) is 10.1 Å². The van der Waals surface area contributed by atoms with Crippen LogP contribution in [0.15, 0.2) is 55.0 Å². The fourth-order valence-electron chi connectivity index (χ4n) is 2.32. The summed E-state index contributed by atoms with van der Waals surface area (Å²) in [4.78, 5) is 23.1. The van der Waals surface area contributed by atoms with Gasteiger partial charge in [-0.25, -0.2) is 9.97 Å². The normalized spacial score (nSPS) is 12.3. The van der Waals surface area contributed by atoms with Crippen molar-refractivity contribution in [2.75, 3.05) is 5.32 Å². The number of hydrogen-bond donors (Lipinski definition) is 1. The Morgan fingerprint density at radius 2 is 1.85 bits per heavy atom. The first kappa shape index (κ1) is 18.4. The van der Waals surface area contributed by atoms with E-state index in [2.05, 4.69) is 20.3 Å². The van der Waals surface area contributed by atoms with Crippen molar-refractivity contribution < 1.29 is 4.92 Å². The van der Waals surface area contributed by atoms with E-state index in [1.165, 1.54) is 37.8 Å². The van der Waals surface area contributed by atoms with Gasteiger partial charge in [-0.05, 0) is 30.7 Å². The average Bonchev–Trinajstić information content (AvgIpc) is 2.63. The van der Waals surface area contributed by atoms with Crippen molar-refractivity contribution in [3.05, 3.63) is 70.7 Å². The summed E-state index contributed by atoms with van der Waals surface area (Å²) < 4.78 is 0. The third kappa shape index (κ3) is 5.07. The summed E-state index contributed by atoms with van der Waals surface area (Å²) in [7, 11) is 0. The van der Waals surface area contributed by atoms with Crippen LogP contribution < -0.4 is 5.32 Å². The number of nitro benzene ring substituents is 1. The highest BCUT2D eigenvalue weighted by Gasteiger charge is 2.10. The maximum Gasteiger partial charge on any atom is 0.271 e. The number of nitrogens with one attached hydrogen (secondary N) is 1. The van der Waals surface area contributed by atoms with Crippen LogP contribution in [0.1, 0.15) is 31.2 Å². The van der Waals surface area contributed by atoms with Crippen molar-refractivity contribution in [1.82, 2.24) is 15.0 Å². The number of rotatable bonds is 4. The number of nitrogens with zero attached hydrogens (tertiary/aromatic N) is 4. The molecule has 1 aromatic carbocycles. The van der Waals surface area contributed by atoms with Crippen molar-refractivity contribution >= 4 is 17.3 Å². The van der Waals surface area contributed by atoms with Crippen molar-refractivity contribution in [2.24, 2.45) is 0 Å². The molecule has 0 spiro atoms. The molecule has 1 fully saturated rings. The molecule has 4 rings (SSSR count). The second-order valence-corrected chi connectivity index (χ2v) is 6.30. The molecule has 1 saturated carbocycles. The molecule has 0 unspecified atom stereocenters. The van der Waals surface area contributed by atoms with Gasteiger partial charge in [-0.1, -0.05) is 31.7 Å². The lowest BCUT2D eigenvalue weighted by Gasteiger charge is -2.09. The first-order valence-electron chi connectivity index (χ1n) is 8.89. The van der Waals surface area contributed by atoms with E-state index in [-0.39, 0.29) is 5.69 Å². The zero-order valence-corrected chi connectivity index (χ0v) is 15.1. The number of benzene rings is 1. The van der Waals surface area contributed by atoms with E-state index >= 15 is 0 Å². The van der Waals surface area contributed by atoms with Gasteiger partial charge in [0, 0.05) is 36.3 Å². The van der Waals surface area contributed by atoms with Gasteiger partial charge in [0.1, 0.15) is 0 Å². The Kier molecular flexibility index (Phi) is 6.04. The Hall–Kier alpha value is -3.35. The van der Waals surface area contributed by atoms with E-state index in [0.29, 0.717) is 11.6 Å². The van der Waals surface area contributed by atoms with Gasteiger partial charge in [0.2, 0.25) is 5.95 Å². The van der Waals surface area contributed by atoms with E-state index in [1.54, 1.807) is 30.7 Å². The fraction of sp³-hybridized carbons (Fsp3) is 0.250. The molecule has 27 heavy (non-hydrogen) atoms. The van der Waals surface area contributed by atoms with Crippen molar-refractivity contribution in [2.45, 2.75) is 32.6 Å². The van der Waals surface area contributed by atoms with Gasteiger partial charge in [-0.15, -0.1) is 0 Å². The molecule has 138 valence electrons. The van der Waals surface area contributed by atoms with Gasteiger partial charge in [-0.2, -0.15) is 0 Å². The molecule has 1 aliphatic carbocycles. The molecule has 7 heteroatoms. The minimum absolute atomic E-state index is 0.0153. The molecule has 1 aliphatic rings. The van der Waals surface area contributed by atoms with Crippen LogP contribution in [-0.2, 0) is 0 Å². The zero-order valence-electron chi connectivity index (χ0n) is 15.1. The lowest BCUT2D eigenvalue weighted by Crippen LogP contribution is -2.00. The molecule has 2 aromatic heterocycles. The number of nitro groups is 1. The molecule has 2 heterocycles. The van der Waals surface area contributed by atoms with Gasteiger partial charge in [0.05, 0.1) is 16.3 Å². The molecule has 0 aliphatic heterocycles. The monoisotopic (exact) mass is 363 g/mol. The maximum absolute atomic E-state index is 10.9. The van der Waals surface area contributed by atoms with Crippen LogP contribution in [0.4, 0.5) is 17.3 Å². The minimum atomic E-state index is -0.433. The van der Waals surface area contributed by atoms with Gasteiger partial charge < -0.3 is 5.32 Å². The quantitative estimate of drug-likeness (QED) is 0.514. The molecule has 7 nitrogen and oxygen atoms in total. The number of pyridine rings is 1. The predicted molar refractivity (Wildman–Crippen MR) is 105 cm³/mol. The summed E-state index contributed by atoms with van der Waals surface area (Å²) in [5.41, 5.74) is 3.07. The third-order valence-electron chi connectivity index (χ3n) is 4.29. The third-order valence-corrected chi connectivity index (χ3v) is 4.29. The Bertz CT molecular complexity index is 907. The number of anilines is 2. The summed E-state index contributed by atoms with van der Waals surface area (Å²) in [6.07, 6.45) is 11.0. The Balaban J connectivity index is 0.000000466. The van der Waals surface area contributed by atoms with Crippen LogP contribution in [0.2, 0.25) is 0 Å². The van der Waals surface area contributed by atoms with Crippen LogP contribution >= 0.6 is 0 Å². The first-order chi connectivity index (χ1) is 13.1. The van der Waals surface area contributed by atoms with E-state index in [4.69, 9.17) is 0 Å². The van der Waals surface area contributed by atoms with Crippen LogP contribution in [0.3, 0.4) is 0 Å². The topological polar surface area (TPSA) is 93.8 Å². The van der Waals surface area contributed by atoms with Crippen LogP contribution in [0, 0.1) is 17.0 Å². The summed E-state index contributed by atoms with van der Waals surface area (Å²) in [5.74, 6) is 0.370. The second kappa shape index (κ2) is 8.84. The summed E-state index contributed by atoms with van der Waals surface area (Å²) in [6, 6.07) is 10.1. The van der Waals surface area contributed by atoms with Crippen LogP contribution in [0.25, 0.3) is 11.3 Å². The number of hydrogen-bond acceptors (Lipinski definition) is 6. The summed E-state index contributed by atoms with van der Waals surface area (Å²) in [6.45, 7) is 1.86. The Labute approximate surface area is 157 Å². The fourth-order valence-corrected chi connectivity index (χ4v) is 2.32. The van der Waals surface area contributed by atoms with E-state index in [1.807, 2.05) is 19.1 Å². The molecule has 0 bridgehead atoms. The van der Waals surface area contributed by atoms with Crippen molar-refractivity contribution in [3.8, 4) is 11.3 Å². The highest BCUT2D eigenvalue weighted by Crippen LogP contribution is 2.25. The number of aromatic nitrogens is 3. The van der Waals surface area contributed by atoms with Gasteiger partial charge in [-0.3, -0.25) is 15.1 Å². The molecule has 0 radical (unpaired) electrons. The maximum atomic E-state index is 10.9. The standard InChI is InChI=1S/C16H13N5O2.C4H8/c1-11-4-5-13(21(22)23)9-15(11)20-16-18-8-6-14(19-16)12-3-2-7-17-10-12;1-2-4-3-1/h2-10H,1H3,(H,18,19,20);1-4H2. The lowest BCUT2D eigenvalue weighted by atomic mass is 10.0. The molecule has 0 saturated heterocycles. The lowest BCUT2D eigenvalue weighted by molar-refractivity contribution is -0.384. The smallest absolute Gasteiger partial charge is 0.271 e. The molecule has 3 aromatic rings. The highest BCUT2D eigenvalue weighted by molar-refractivity contribution is 5.64. The van der Waals surface area contributed by atoms with Crippen LogP contribution in [0.5, 0.6) is 0 Å².